The van der Waals surface area contributed by atoms with Crippen molar-refractivity contribution < 1.29 is 19.8 Å². The number of hydrogen-bond donors (Lipinski definition) is 0. The number of unbranched alkanes of at least 4 members (excludes halogenated alkanes) is 40. The first-order valence-electron chi connectivity index (χ1n) is 23.9. The van der Waals surface area contributed by atoms with E-state index in [1.807, 2.05) is 0 Å². The normalized spacial score (nSPS) is 10.9. The molecule has 0 aromatic rings. The van der Waals surface area contributed by atoms with Crippen LogP contribution < -0.4 is 10.2 Å². The molecule has 4 nitrogen and oxygen atoms in total. The molecule has 0 N–H and O–H groups in total. The average molecular weight is 823 g/mol. The third-order valence-corrected chi connectivity index (χ3v) is 11.0. The van der Waals surface area contributed by atoms with Crippen LogP contribution in [0.4, 0.5) is 0 Å². The summed E-state index contributed by atoms with van der Waals surface area (Å²) < 4.78 is 0. The Morgan fingerprint density at radius 1 is 0.245 bits per heavy atom. The Labute approximate surface area is 370 Å². The van der Waals surface area contributed by atoms with Gasteiger partial charge < -0.3 is 19.8 Å². The molecule has 0 spiro atoms. The Hall–Kier alpha value is 0.421. The quantitative estimate of drug-likeness (QED) is 0.0453. The van der Waals surface area contributed by atoms with Gasteiger partial charge in [-0.25, -0.2) is 0 Å². The van der Waals surface area contributed by atoms with Crippen molar-refractivity contribution in [2.45, 2.75) is 296 Å². The molecule has 0 aromatic heterocycles. The van der Waals surface area contributed by atoms with Crippen molar-refractivity contribution in [1.82, 2.24) is 0 Å². The third-order valence-electron chi connectivity index (χ3n) is 11.0. The zero-order chi connectivity index (χ0) is 38.3. The molecule has 0 radical (unpaired) electrons. The van der Waals surface area contributed by atoms with Gasteiger partial charge in [0.25, 0.3) is 0 Å². The molecule has 0 bridgehead atoms. The Morgan fingerprint density at radius 3 is 0.472 bits per heavy atom. The number of hydrogen-bond acceptors (Lipinski definition) is 4. The molecule has 0 atom stereocenters. The number of carbonyl (C=O) groups excluding carboxylic acids is 2. The summed E-state index contributed by atoms with van der Waals surface area (Å²) >= 11 is 0. The van der Waals surface area contributed by atoms with Crippen LogP contribution in [0.2, 0.25) is 0 Å². The third kappa shape index (κ3) is 61.8. The van der Waals surface area contributed by atoms with Crippen LogP contribution >= 0.6 is 0 Å². The average Bonchev–Trinajstić information content (AvgIpc) is 3.13. The Kier molecular flexibility index (Phi) is 59.4. The summed E-state index contributed by atoms with van der Waals surface area (Å²) in [5.74, 6) is -1.80. The van der Waals surface area contributed by atoms with E-state index in [1.165, 1.54) is 244 Å². The second-order valence-electron chi connectivity index (χ2n) is 16.4. The molecule has 0 heterocycles. The maximum Gasteiger partial charge on any atom is 2.00 e. The monoisotopic (exact) mass is 823 g/mol. The maximum atomic E-state index is 10.3. The van der Waals surface area contributed by atoms with Crippen LogP contribution in [-0.4, -0.2) is 57.4 Å². The van der Waals surface area contributed by atoms with Gasteiger partial charge in [0, 0.05) is 11.9 Å². The van der Waals surface area contributed by atoms with Gasteiger partial charge in [-0.1, -0.05) is 271 Å². The largest absolute Gasteiger partial charge is 2.00 e. The molecule has 0 fully saturated rings. The van der Waals surface area contributed by atoms with Gasteiger partial charge in [0.15, 0.2) is 0 Å². The molecule has 0 rings (SSSR count). The summed E-state index contributed by atoms with van der Waals surface area (Å²) in [7, 11) is 0. The fourth-order valence-corrected chi connectivity index (χ4v) is 7.40. The minimum Gasteiger partial charge on any atom is -0.550 e. The minimum atomic E-state index is -0.900. The molecule has 0 aromatic carbocycles. The van der Waals surface area contributed by atoms with E-state index in [2.05, 4.69) is 13.8 Å². The zero-order valence-corrected chi connectivity index (χ0v) is 39.9. The van der Waals surface area contributed by atoms with E-state index in [-0.39, 0.29) is 58.3 Å². The van der Waals surface area contributed by atoms with Crippen LogP contribution in [0.25, 0.3) is 0 Å². The number of rotatable bonds is 44. The summed E-state index contributed by atoms with van der Waals surface area (Å²) in [5, 5.41) is 20.6. The van der Waals surface area contributed by atoms with Crippen molar-refractivity contribution in [2.24, 2.45) is 0 Å². The first-order chi connectivity index (χ1) is 25.5. The summed E-state index contributed by atoms with van der Waals surface area (Å²) in [6, 6.07) is 0. The molecule has 0 amide bonds. The van der Waals surface area contributed by atoms with Crippen LogP contribution in [0.5, 0.6) is 0 Å². The molecule has 53 heavy (non-hydrogen) atoms. The van der Waals surface area contributed by atoms with E-state index >= 15 is 0 Å². The van der Waals surface area contributed by atoms with Gasteiger partial charge in [0.2, 0.25) is 0 Å². The standard InChI is InChI=1S/2C24H48O2.Sr/c2*1-2-3-4-5-6-7-8-9-10-11-12-13-14-15-16-17-18-19-20-21-22-23-24(25)26;/h2*2-23H2,1H3,(H,25,26);/q;;+2/p-2. The molecular weight excluding hydrogens is 728 g/mol. The van der Waals surface area contributed by atoms with E-state index in [1.54, 1.807) is 0 Å². The Balaban J connectivity index is -0.000000926. The van der Waals surface area contributed by atoms with Crippen molar-refractivity contribution in [3.8, 4) is 0 Å². The maximum absolute atomic E-state index is 10.3. The van der Waals surface area contributed by atoms with Crippen LogP contribution in [0.15, 0.2) is 0 Å². The molecule has 0 saturated carbocycles. The van der Waals surface area contributed by atoms with E-state index in [0.717, 1.165) is 25.7 Å². The molecule has 0 saturated heterocycles. The first-order valence-corrected chi connectivity index (χ1v) is 23.9. The predicted molar refractivity (Wildman–Crippen MR) is 230 cm³/mol. The second-order valence-corrected chi connectivity index (χ2v) is 16.4. The first kappa shape index (κ1) is 57.7. The smallest absolute Gasteiger partial charge is 0.550 e. The molecule has 5 heteroatoms. The summed E-state index contributed by atoms with van der Waals surface area (Å²) in [6.07, 6.45) is 57.4. The van der Waals surface area contributed by atoms with Gasteiger partial charge in [-0.15, -0.1) is 0 Å². The van der Waals surface area contributed by atoms with Gasteiger partial charge in [-0.2, -0.15) is 0 Å². The number of aliphatic carboxylic acids is 2. The van der Waals surface area contributed by atoms with Gasteiger partial charge in [-0.05, 0) is 25.7 Å². The molecule has 0 unspecified atom stereocenters. The van der Waals surface area contributed by atoms with Crippen molar-refractivity contribution in [3.05, 3.63) is 0 Å². The van der Waals surface area contributed by atoms with E-state index in [4.69, 9.17) is 0 Å². The van der Waals surface area contributed by atoms with Gasteiger partial charge in [0.1, 0.15) is 0 Å². The van der Waals surface area contributed by atoms with Crippen LogP contribution in [0, 0.1) is 0 Å². The Bertz CT molecular complexity index is 614. The second kappa shape index (κ2) is 54.5. The number of carboxylic acid groups (broad SMARTS) is 2. The SMILES string of the molecule is CCCCCCCCCCCCCCCCCCCCCCCC(=O)[O-].CCCCCCCCCCCCCCCCCCCCCCCC(=O)[O-].[Sr+2]. The predicted octanol–water partition coefficient (Wildman–Crippen LogP) is 14.3. The molecule has 312 valence electrons. The van der Waals surface area contributed by atoms with Gasteiger partial charge in [0.05, 0.1) is 0 Å². The summed E-state index contributed by atoms with van der Waals surface area (Å²) in [5.41, 5.74) is 0. The van der Waals surface area contributed by atoms with Gasteiger partial charge >= 0.3 is 45.5 Å². The minimum absolute atomic E-state index is 0. The molecule has 0 aliphatic heterocycles. The van der Waals surface area contributed by atoms with Gasteiger partial charge in [-0.3, -0.25) is 0 Å². The van der Waals surface area contributed by atoms with Crippen LogP contribution in [0.3, 0.4) is 0 Å². The van der Waals surface area contributed by atoms with E-state index < -0.39 is 11.9 Å². The fraction of sp³-hybridized carbons (Fsp3) is 0.958. The van der Waals surface area contributed by atoms with Crippen molar-refractivity contribution >= 4 is 57.4 Å². The summed E-state index contributed by atoms with van der Waals surface area (Å²) in [4.78, 5) is 20.6. The molecule has 0 aliphatic rings. The van der Waals surface area contributed by atoms with Crippen molar-refractivity contribution in [2.75, 3.05) is 0 Å². The zero-order valence-electron chi connectivity index (χ0n) is 36.5. The molecule has 0 aliphatic carbocycles. The van der Waals surface area contributed by atoms with Crippen molar-refractivity contribution in [1.29, 1.82) is 0 Å². The fourth-order valence-electron chi connectivity index (χ4n) is 7.40. The molecular formula is C48H94O4Sr. The van der Waals surface area contributed by atoms with E-state index in [9.17, 15) is 19.8 Å². The van der Waals surface area contributed by atoms with E-state index in [0.29, 0.717) is 0 Å². The number of carbonyl (C=O) groups is 2. The van der Waals surface area contributed by atoms with Crippen LogP contribution in [-0.2, 0) is 9.59 Å². The topological polar surface area (TPSA) is 80.3 Å². The van der Waals surface area contributed by atoms with Crippen molar-refractivity contribution in [3.63, 3.8) is 0 Å². The number of carboxylic acids is 2. The Morgan fingerprint density at radius 2 is 0.358 bits per heavy atom. The van der Waals surface area contributed by atoms with Crippen LogP contribution in [0.1, 0.15) is 296 Å². The summed E-state index contributed by atoms with van der Waals surface area (Å²) in [6.45, 7) is 4.57.